The van der Waals surface area contributed by atoms with E-state index < -0.39 is 5.97 Å². The lowest BCUT2D eigenvalue weighted by Gasteiger charge is -2.28. The van der Waals surface area contributed by atoms with Crippen LogP contribution in [0.1, 0.15) is 50.2 Å². The van der Waals surface area contributed by atoms with Crippen LogP contribution in [0.15, 0.2) is 73.3 Å². The van der Waals surface area contributed by atoms with E-state index in [0.29, 0.717) is 17.4 Å². The van der Waals surface area contributed by atoms with Crippen LogP contribution >= 0.6 is 0 Å². The van der Waals surface area contributed by atoms with Gasteiger partial charge in [0.05, 0.1) is 6.10 Å². The molecule has 0 heterocycles. The first-order valence-corrected chi connectivity index (χ1v) is 10.9. The molecular formula is C27H32O3. The van der Waals surface area contributed by atoms with Gasteiger partial charge in [0, 0.05) is 5.57 Å². The van der Waals surface area contributed by atoms with Gasteiger partial charge >= 0.3 is 5.97 Å². The molecule has 1 saturated carbocycles. The second-order valence-corrected chi connectivity index (χ2v) is 8.24. The van der Waals surface area contributed by atoms with Gasteiger partial charge in [-0.3, -0.25) is 0 Å². The number of rotatable bonds is 9. The molecule has 30 heavy (non-hydrogen) atoms. The Hall–Kier alpha value is -2.81. The minimum Gasteiger partial charge on any atom is -0.490 e. The van der Waals surface area contributed by atoms with Crippen molar-refractivity contribution in [2.45, 2.75) is 58.0 Å². The molecule has 0 N–H and O–H groups in total. The number of aryl methyl sites for hydroxylation is 2. The van der Waals surface area contributed by atoms with Crippen molar-refractivity contribution < 1.29 is 14.3 Å². The summed E-state index contributed by atoms with van der Waals surface area (Å²) < 4.78 is 11.4. The first-order valence-electron chi connectivity index (χ1n) is 10.9. The number of carbonyl (C=O) groups is 1. The zero-order valence-electron chi connectivity index (χ0n) is 17.9. The van der Waals surface area contributed by atoms with E-state index in [2.05, 4.69) is 37.4 Å². The summed E-state index contributed by atoms with van der Waals surface area (Å²) >= 11 is 0. The normalized spacial score (nSPS) is 18.4. The summed E-state index contributed by atoms with van der Waals surface area (Å²) in [7, 11) is 0. The third kappa shape index (κ3) is 6.62. The maximum absolute atomic E-state index is 11.6. The number of allylic oxidation sites excluding steroid dienone is 1. The smallest absolute Gasteiger partial charge is 0.338 e. The molecule has 0 aromatic heterocycles. The van der Waals surface area contributed by atoms with Gasteiger partial charge in [-0.2, -0.15) is 0 Å². The van der Waals surface area contributed by atoms with Gasteiger partial charge in [0.25, 0.3) is 0 Å². The van der Waals surface area contributed by atoms with Crippen molar-refractivity contribution in [2.75, 3.05) is 0 Å². The fourth-order valence-corrected chi connectivity index (χ4v) is 3.86. The van der Waals surface area contributed by atoms with E-state index in [0.717, 1.165) is 43.8 Å². The molecule has 0 amide bonds. The Morgan fingerprint density at radius 2 is 1.47 bits per heavy atom. The fourth-order valence-electron chi connectivity index (χ4n) is 3.86. The lowest BCUT2D eigenvalue weighted by Crippen LogP contribution is -2.23. The zero-order chi connectivity index (χ0) is 21.3. The van der Waals surface area contributed by atoms with Gasteiger partial charge in [0.1, 0.15) is 11.5 Å². The van der Waals surface area contributed by atoms with Crippen LogP contribution in [0, 0.1) is 5.92 Å². The van der Waals surface area contributed by atoms with Crippen LogP contribution in [0.2, 0.25) is 0 Å². The van der Waals surface area contributed by atoms with Crippen LogP contribution in [-0.2, 0) is 17.6 Å². The van der Waals surface area contributed by atoms with E-state index in [1.165, 1.54) is 24.0 Å². The first kappa shape index (κ1) is 21.9. The Morgan fingerprint density at radius 1 is 0.933 bits per heavy atom. The number of carbonyl (C=O) groups excluding carboxylic acids is 1. The average molecular weight is 405 g/mol. The molecule has 2 aromatic rings. The molecule has 0 saturated heterocycles. The lowest BCUT2D eigenvalue weighted by atomic mass is 9.85. The molecule has 0 spiro atoms. The van der Waals surface area contributed by atoms with Gasteiger partial charge in [-0.1, -0.05) is 36.9 Å². The van der Waals surface area contributed by atoms with Crippen molar-refractivity contribution in [1.29, 1.82) is 0 Å². The van der Waals surface area contributed by atoms with E-state index in [1.54, 1.807) is 6.92 Å². The first-order chi connectivity index (χ1) is 14.5. The third-order valence-electron chi connectivity index (χ3n) is 5.70. The van der Waals surface area contributed by atoms with Crippen LogP contribution in [0.4, 0.5) is 0 Å². The van der Waals surface area contributed by atoms with Gasteiger partial charge in [-0.05, 0) is 93.2 Å². The Labute approximate surface area is 180 Å². The summed E-state index contributed by atoms with van der Waals surface area (Å²) in [5, 5.41) is 0. The zero-order valence-corrected chi connectivity index (χ0v) is 17.9. The minimum absolute atomic E-state index is 0.342. The van der Waals surface area contributed by atoms with Crippen molar-refractivity contribution in [3.8, 4) is 11.5 Å². The van der Waals surface area contributed by atoms with Gasteiger partial charge in [-0.25, -0.2) is 4.79 Å². The lowest BCUT2D eigenvalue weighted by molar-refractivity contribution is -0.130. The maximum Gasteiger partial charge on any atom is 0.338 e. The monoisotopic (exact) mass is 404 g/mol. The molecule has 1 aliphatic carbocycles. The quantitative estimate of drug-likeness (QED) is 0.208. The van der Waals surface area contributed by atoms with Crippen molar-refractivity contribution in [2.24, 2.45) is 5.92 Å². The molecule has 1 fully saturated rings. The largest absolute Gasteiger partial charge is 0.490 e. The van der Waals surface area contributed by atoms with Gasteiger partial charge < -0.3 is 9.47 Å². The Morgan fingerprint density at radius 3 is 1.97 bits per heavy atom. The van der Waals surface area contributed by atoms with Crippen LogP contribution < -0.4 is 9.47 Å². The average Bonchev–Trinajstić information content (AvgIpc) is 2.76. The van der Waals surface area contributed by atoms with Gasteiger partial charge in [0.15, 0.2) is 0 Å². The van der Waals surface area contributed by atoms with Gasteiger partial charge in [0.2, 0.25) is 0 Å². The predicted octanol–water partition coefficient (Wildman–Crippen LogP) is 6.47. The van der Waals surface area contributed by atoms with Crippen LogP contribution in [0.5, 0.6) is 11.5 Å². The standard InChI is InChI=1S/C27H32O3/c1-4-5-21-8-14-24(15-9-21)29-25-16-10-22(11-17-25)6-7-23-12-18-26(19-13-23)30-27(28)20(2)3/h4,10-13,16-19,21,24H,1-2,5-9,14-15H2,3H3. The Balaban J connectivity index is 1.44. The number of hydrogen-bond acceptors (Lipinski definition) is 3. The summed E-state index contributed by atoms with van der Waals surface area (Å²) in [6.45, 7) is 9.09. The van der Waals surface area contributed by atoms with Gasteiger partial charge in [-0.15, -0.1) is 6.58 Å². The number of benzene rings is 2. The summed E-state index contributed by atoms with van der Waals surface area (Å²) in [4.78, 5) is 11.6. The third-order valence-corrected chi connectivity index (χ3v) is 5.70. The highest BCUT2D eigenvalue weighted by Gasteiger charge is 2.21. The molecule has 0 unspecified atom stereocenters. The molecule has 3 heteroatoms. The van der Waals surface area contributed by atoms with E-state index in [-0.39, 0.29) is 0 Å². The molecule has 0 bridgehead atoms. The highest BCUT2D eigenvalue weighted by atomic mass is 16.5. The maximum atomic E-state index is 11.6. The molecule has 2 aromatic carbocycles. The number of esters is 1. The highest BCUT2D eigenvalue weighted by Crippen LogP contribution is 2.30. The molecular weight excluding hydrogens is 372 g/mol. The second kappa shape index (κ2) is 10.8. The summed E-state index contributed by atoms with van der Waals surface area (Å²) in [6.07, 6.45) is 10.1. The molecule has 1 aliphatic rings. The Kier molecular flexibility index (Phi) is 7.89. The molecule has 0 atom stereocenters. The molecule has 3 rings (SSSR count). The Bertz CT molecular complexity index is 841. The van der Waals surface area contributed by atoms with Crippen molar-refractivity contribution in [3.05, 3.63) is 84.5 Å². The minimum atomic E-state index is -0.394. The van der Waals surface area contributed by atoms with E-state index >= 15 is 0 Å². The van der Waals surface area contributed by atoms with Crippen molar-refractivity contribution >= 4 is 5.97 Å². The summed E-state index contributed by atoms with van der Waals surface area (Å²) in [5.74, 6) is 1.91. The molecule has 3 nitrogen and oxygen atoms in total. The number of hydrogen-bond donors (Lipinski definition) is 0. The fraction of sp³-hybridized carbons (Fsp3) is 0.370. The number of ether oxygens (including phenoxy) is 2. The SMILES string of the molecule is C=CCC1CCC(Oc2ccc(CCc3ccc(OC(=O)C(=C)C)cc3)cc2)CC1. The second-order valence-electron chi connectivity index (χ2n) is 8.24. The van der Waals surface area contributed by atoms with E-state index in [4.69, 9.17) is 9.47 Å². The molecule has 0 radical (unpaired) electrons. The van der Waals surface area contributed by atoms with Crippen molar-refractivity contribution in [1.82, 2.24) is 0 Å². The van der Waals surface area contributed by atoms with Crippen molar-refractivity contribution in [3.63, 3.8) is 0 Å². The molecule has 0 aliphatic heterocycles. The van der Waals surface area contributed by atoms with E-state index in [1.807, 2.05) is 30.3 Å². The van der Waals surface area contributed by atoms with Crippen LogP contribution in [0.25, 0.3) is 0 Å². The van der Waals surface area contributed by atoms with E-state index in [9.17, 15) is 4.79 Å². The predicted molar refractivity (Wildman–Crippen MR) is 122 cm³/mol. The summed E-state index contributed by atoms with van der Waals surface area (Å²) in [5.41, 5.74) is 2.89. The highest BCUT2D eigenvalue weighted by molar-refractivity contribution is 5.88. The van der Waals surface area contributed by atoms with Crippen LogP contribution in [-0.4, -0.2) is 12.1 Å². The summed E-state index contributed by atoms with van der Waals surface area (Å²) in [6, 6.07) is 16.1. The topological polar surface area (TPSA) is 35.5 Å². The van der Waals surface area contributed by atoms with Crippen LogP contribution in [0.3, 0.4) is 0 Å². The molecule has 158 valence electrons.